The van der Waals surface area contributed by atoms with E-state index in [9.17, 15) is 14.0 Å². The third-order valence-corrected chi connectivity index (χ3v) is 5.68. The van der Waals surface area contributed by atoms with Crippen molar-refractivity contribution < 1.29 is 19.5 Å². The van der Waals surface area contributed by atoms with E-state index in [0.29, 0.717) is 30.2 Å². The lowest BCUT2D eigenvalue weighted by atomic mass is 10.00. The van der Waals surface area contributed by atoms with Crippen LogP contribution < -0.4 is 15.5 Å². The Morgan fingerprint density at radius 3 is 2.52 bits per heavy atom. The number of carbonyl (C=O) groups is 2. The van der Waals surface area contributed by atoms with E-state index in [1.54, 1.807) is 18.2 Å². The summed E-state index contributed by atoms with van der Waals surface area (Å²) in [7, 11) is 1.96. The molecule has 7 nitrogen and oxygen atoms in total. The van der Waals surface area contributed by atoms with E-state index >= 15 is 0 Å². The zero-order valence-corrected chi connectivity index (χ0v) is 18.3. The maximum Gasteiger partial charge on any atom is 0.230 e. The predicted molar refractivity (Wildman–Crippen MR) is 123 cm³/mol. The zero-order valence-electron chi connectivity index (χ0n) is 17.5. The highest BCUT2D eigenvalue weighted by atomic mass is 32.2. The van der Waals surface area contributed by atoms with Gasteiger partial charge in [-0.25, -0.2) is 4.39 Å². The fourth-order valence-electron chi connectivity index (χ4n) is 3.25. The number of benzodiazepines with no additional fused rings is 1. The van der Waals surface area contributed by atoms with Crippen molar-refractivity contribution in [3.63, 3.8) is 0 Å². The number of aliphatic imine (C=N–C) groups is 1. The zero-order chi connectivity index (χ0) is 21.5. The molecular formula is C22H27FN4O3S. The van der Waals surface area contributed by atoms with Gasteiger partial charge in [0.15, 0.2) is 0 Å². The number of likely N-dealkylation sites (N-methyl/N-ethyl adjacent to an activating group) is 1. The second-order valence-electron chi connectivity index (χ2n) is 6.98. The third kappa shape index (κ3) is 6.28. The van der Waals surface area contributed by atoms with E-state index in [0.717, 1.165) is 11.3 Å². The quantitative estimate of drug-likeness (QED) is 0.498. The molecule has 0 saturated carbocycles. The number of thioether (sulfide) groups is 1. The summed E-state index contributed by atoms with van der Waals surface area (Å²) in [5.41, 5.74) is 2.90. The minimum atomic E-state index is -0.309. The molecule has 9 heteroatoms. The van der Waals surface area contributed by atoms with Crippen LogP contribution in [0.25, 0.3) is 0 Å². The fraction of sp³-hybridized carbons (Fsp3) is 0.318. The van der Waals surface area contributed by atoms with E-state index in [-0.39, 0.29) is 34.9 Å². The molecule has 2 aromatic carbocycles. The van der Waals surface area contributed by atoms with E-state index in [2.05, 4.69) is 15.5 Å². The van der Waals surface area contributed by atoms with Crippen LogP contribution in [0.1, 0.15) is 18.1 Å². The number of carbonyl (C=O) groups excluding carboxylic acids is 2. The molecule has 1 heterocycles. The Hall–Kier alpha value is -2.91. The lowest BCUT2D eigenvalue weighted by Crippen LogP contribution is -2.44. The highest BCUT2D eigenvalue weighted by Crippen LogP contribution is 2.28. The Morgan fingerprint density at radius 2 is 1.81 bits per heavy atom. The Morgan fingerprint density at radius 1 is 1.13 bits per heavy atom. The molecule has 1 aliphatic rings. The molecule has 0 fully saturated rings. The largest absolute Gasteiger partial charge is 0.412 e. The average Bonchev–Trinajstić information content (AvgIpc) is 2.87. The maximum absolute atomic E-state index is 14.5. The summed E-state index contributed by atoms with van der Waals surface area (Å²) in [5.74, 6) is 0.128. The van der Waals surface area contributed by atoms with Gasteiger partial charge in [-0.15, -0.1) is 11.8 Å². The number of hydrogen-bond acceptors (Lipinski definition) is 5. The number of benzene rings is 2. The van der Waals surface area contributed by atoms with Crippen LogP contribution in [0.3, 0.4) is 0 Å². The van der Waals surface area contributed by atoms with Crippen LogP contribution in [0.5, 0.6) is 0 Å². The summed E-state index contributed by atoms with van der Waals surface area (Å²) in [6, 6.07) is 14.3. The van der Waals surface area contributed by atoms with E-state index in [1.165, 1.54) is 24.8 Å². The van der Waals surface area contributed by atoms with Crippen molar-refractivity contribution in [2.24, 2.45) is 4.99 Å². The number of halogens is 1. The third-order valence-electron chi connectivity index (χ3n) is 4.87. The molecule has 1 atom stereocenters. The molecule has 2 aromatic rings. The van der Waals surface area contributed by atoms with Gasteiger partial charge in [0, 0.05) is 37.3 Å². The Balaban J connectivity index is 0.00000341. The van der Waals surface area contributed by atoms with Crippen LogP contribution in [-0.2, 0) is 9.59 Å². The van der Waals surface area contributed by atoms with Gasteiger partial charge in [0.1, 0.15) is 5.82 Å². The summed E-state index contributed by atoms with van der Waals surface area (Å²) in [5, 5.41) is 5.58. The van der Waals surface area contributed by atoms with Crippen LogP contribution in [0.2, 0.25) is 0 Å². The van der Waals surface area contributed by atoms with Gasteiger partial charge in [-0.05, 0) is 18.2 Å². The lowest BCUT2D eigenvalue weighted by molar-refractivity contribution is -0.119. The first-order valence-corrected chi connectivity index (χ1v) is 10.8. The number of fused-ring (bicyclic) bond motifs is 1. The molecule has 3 rings (SSSR count). The summed E-state index contributed by atoms with van der Waals surface area (Å²) in [4.78, 5) is 29.8. The topological polar surface area (TPSA) is 105 Å². The standard InChI is InChI=1S/C22H25FN4O2S.H2O/c1-15(28)26-14-30-13-21(29)24-11-16-12-25-22(17-7-3-5-9-19(17)23)18-8-4-6-10-20(18)27(16)2;/h3-10,16H,11-14H2,1-2H3,(H,24,29)(H,26,28);1H2. The highest BCUT2D eigenvalue weighted by Gasteiger charge is 2.25. The van der Waals surface area contributed by atoms with Crippen molar-refractivity contribution in [1.29, 1.82) is 0 Å². The van der Waals surface area contributed by atoms with Crippen LogP contribution in [0.4, 0.5) is 10.1 Å². The predicted octanol–water partition coefficient (Wildman–Crippen LogP) is 1.60. The Bertz CT molecular complexity index is 954. The summed E-state index contributed by atoms with van der Waals surface area (Å²) in [6.45, 7) is 2.28. The smallest absolute Gasteiger partial charge is 0.230 e. The first-order valence-electron chi connectivity index (χ1n) is 9.68. The minimum absolute atomic E-state index is 0. The van der Waals surface area contributed by atoms with Crippen molar-refractivity contribution in [2.45, 2.75) is 13.0 Å². The number of rotatable bonds is 7. The Labute approximate surface area is 185 Å². The van der Waals surface area contributed by atoms with Crippen molar-refractivity contribution in [3.8, 4) is 0 Å². The second kappa shape index (κ2) is 11.5. The van der Waals surface area contributed by atoms with Crippen LogP contribution in [-0.4, -0.2) is 60.8 Å². The normalized spacial score (nSPS) is 15.1. The van der Waals surface area contributed by atoms with Gasteiger partial charge in [0.05, 0.1) is 29.9 Å². The van der Waals surface area contributed by atoms with Gasteiger partial charge in [0.25, 0.3) is 0 Å². The molecule has 0 saturated heterocycles. The van der Waals surface area contributed by atoms with Gasteiger partial charge in [-0.2, -0.15) is 0 Å². The van der Waals surface area contributed by atoms with E-state index in [4.69, 9.17) is 4.99 Å². The fourth-order valence-corrected chi connectivity index (χ4v) is 3.94. The summed E-state index contributed by atoms with van der Waals surface area (Å²) in [6.07, 6.45) is 0. The summed E-state index contributed by atoms with van der Waals surface area (Å²) < 4.78 is 14.5. The molecule has 166 valence electrons. The van der Waals surface area contributed by atoms with Crippen LogP contribution >= 0.6 is 11.8 Å². The first-order chi connectivity index (χ1) is 14.5. The summed E-state index contributed by atoms with van der Waals surface area (Å²) >= 11 is 1.34. The van der Waals surface area contributed by atoms with Crippen molar-refractivity contribution in [2.75, 3.05) is 36.7 Å². The number of nitrogens with zero attached hydrogens (tertiary/aromatic N) is 2. The molecule has 2 amide bonds. The van der Waals surface area contributed by atoms with E-state index in [1.807, 2.05) is 31.3 Å². The van der Waals surface area contributed by atoms with E-state index < -0.39 is 0 Å². The second-order valence-corrected chi connectivity index (χ2v) is 7.97. The first kappa shape index (κ1) is 24.4. The molecular weight excluding hydrogens is 419 g/mol. The number of amides is 2. The van der Waals surface area contributed by atoms with Crippen molar-refractivity contribution in [3.05, 3.63) is 65.5 Å². The van der Waals surface area contributed by atoms with Gasteiger partial charge >= 0.3 is 0 Å². The molecule has 0 aliphatic carbocycles. The van der Waals surface area contributed by atoms with Crippen molar-refractivity contribution >= 4 is 35.0 Å². The van der Waals surface area contributed by atoms with Gasteiger partial charge < -0.3 is 21.0 Å². The SMILES string of the molecule is CC(=O)NCSCC(=O)NCC1CN=C(c2ccccc2F)c2ccccc2N1C.O. The molecule has 4 N–H and O–H groups in total. The monoisotopic (exact) mass is 446 g/mol. The number of nitrogens with one attached hydrogen (secondary N) is 2. The lowest BCUT2D eigenvalue weighted by Gasteiger charge is -2.28. The van der Waals surface area contributed by atoms with Crippen LogP contribution in [0, 0.1) is 5.82 Å². The molecule has 0 bridgehead atoms. The molecule has 0 aromatic heterocycles. The number of hydrogen-bond donors (Lipinski definition) is 2. The van der Waals surface area contributed by atoms with Gasteiger partial charge in [-0.3, -0.25) is 14.6 Å². The molecule has 1 aliphatic heterocycles. The maximum atomic E-state index is 14.5. The number of anilines is 1. The molecule has 0 spiro atoms. The molecule has 1 unspecified atom stereocenters. The number of para-hydroxylation sites is 1. The van der Waals surface area contributed by atoms with Crippen molar-refractivity contribution in [1.82, 2.24) is 10.6 Å². The highest BCUT2D eigenvalue weighted by molar-refractivity contribution is 7.99. The van der Waals surface area contributed by atoms with Gasteiger partial charge in [0.2, 0.25) is 11.8 Å². The van der Waals surface area contributed by atoms with Crippen LogP contribution in [0.15, 0.2) is 53.5 Å². The van der Waals surface area contributed by atoms with Gasteiger partial charge in [-0.1, -0.05) is 30.3 Å². The minimum Gasteiger partial charge on any atom is -0.412 e. The average molecular weight is 447 g/mol. The molecule has 0 radical (unpaired) electrons. The Kier molecular flexibility index (Phi) is 9.02. The molecule has 31 heavy (non-hydrogen) atoms.